The van der Waals surface area contributed by atoms with Crippen LogP contribution >= 0.6 is 0 Å². The molecular formula is C22H20Cl2Hf. The third-order valence-corrected chi connectivity index (χ3v) is 13.7. The van der Waals surface area contributed by atoms with E-state index in [1.165, 1.54) is 12.8 Å². The molecule has 2 aliphatic carbocycles. The van der Waals surface area contributed by atoms with Gasteiger partial charge in [0, 0.05) is 0 Å². The first-order valence-electron chi connectivity index (χ1n) is 8.59. The van der Waals surface area contributed by atoms with E-state index in [4.69, 9.17) is 0 Å². The zero-order valence-corrected chi connectivity index (χ0v) is 19.5. The molecule has 0 amide bonds. The summed E-state index contributed by atoms with van der Waals surface area (Å²) in [5.41, 5.74) is 13.2. The summed E-state index contributed by atoms with van der Waals surface area (Å²) in [7, 11) is 0. The maximum absolute atomic E-state index is 2.43. The van der Waals surface area contributed by atoms with Gasteiger partial charge in [-0.25, -0.2) is 0 Å². The van der Waals surface area contributed by atoms with Crippen LogP contribution in [-0.4, -0.2) is 0 Å². The Kier molecular flexibility index (Phi) is 5.49. The van der Waals surface area contributed by atoms with Crippen molar-refractivity contribution in [3.8, 4) is 0 Å². The van der Waals surface area contributed by atoms with Gasteiger partial charge in [-0.3, -0.25) is 0 Å². The summed E-state index contributed by atoms with van der Waals surface area (Å²) in [6, 6.07) is 18.5. The van der Waals surface area contributed by atoms with E-state index in [1.807, 2.05) is 0 Å². The summed E-state index contributed by atoms with van der Waals surface area (Å²) in [5.74, 6) is 0. The minimum absolute atomic E-state index is 0. The van der Waals surface area contributed by atoms with Gasteiger partial charge in [0.25, 0.3) is 0 Å². The van der Waals surface area contributed by atoms with Gasteiger partial charge in [-0.05, 0) is 0 Å². The van der Waals surface area contributed by atoms with Crippen LogP contribution in [0.25, 0.3) is 11.1 Å². The molecule has 1 aliphatic heterocycles. The van der Waals surface area contributed by atoms with Gasteiger partial charge in [0.05, 0.1) is 0 Å². The number of hydrogen-bond acceptors (Lipinski definition) is 0. The topological polar surface area (TPSA) is 0 Å². The van der Waals surface area contributed by atoms with Crippen LogP contribution in [0.2, 0.25) is 0 Å². The molecule has 2 unspecified atom stereocenters. The molecule has 0 N–H and O–H groups in total. The predicted octanol–water partition coefficient (Wildman–Crippen LogP) is -0.0725. The fourth-order valence-electron chi connectivity index (χ4n) is 4.80. The van der Waals surface area contributed by atoms with Crippen LogP contribution in [0.15, 0.2) is 59.7 Å². The van der Waals surface area contributed by atoms with Gasteiger partial charge in [-0.15, -0.1) is 0 Å². The second-order valence-corrected chi connectivity index (χ2v) is 12.4. The quantitative estimate of drug-likeness (QED) is 0.416. The standard InChI is InChI=1S/C22H20.2ClH.Hf/c1-15-13-17-7-3-5-9-21(17)19(15)11-12-20-16(2)14-18-8-4-6-10-22(18)20;;;/h3-10,13-14H,11-12H2,1-2H3;2*1H;/q;;;+2/p-2. The van der Waals surface area contributed by atoms with E-state index in [-0.39, 0.29) is 24.8 Å². The number of benzene rings is 2. The van der Waals surface area contributed by atoms with E-state index in [2.05, 4.69) is 62.4 Å². The van der Waals surface area contributed by atoms with Crippen LogP contribution in [0.5, 0.6) is 0 Å². The normalized spacial score (nSPS) is 22.3. The Hall–Kier alpha value is -0.630. The van der Waals surface area contributed by atoms with Crippen molar-refractivity contribution in [1.29, 1.82) is 0 Å². The molecule has 2 atom stereocenters. The Morgan fingerprint density at radius 3 is 1.52 bits per heavy atom. The van der Waals surface area contributed by atoms with Crippen LogP contribution in [0.4, 0.5) is 0 Å². The third-order valence-electron chi connectivity index (χ3n) is 5.97. The zero-order valence-electron chi connectivity index (χ0n) is 14.4. The maximum Gasteiger partial charge on any atom is -1.00 e. The van der Waals surface area contributed by atoms with Crippen molar-refractivity contribution in [1.82, 2.24) is 0 Å². The van der Waals surface area contributed by atoms with E-state index in [1.54, 1.807) is 44.5 Å². The molecule has 25 heavy (non-hydrogen) atoms. The molecule has 2 aromatic rings. The van der Waals surface area contributed by atoms with Crippen LogP contribution in [-0.2, 0) is 22.9 Å². The molecule has 126 valence electrons. The largest absolute Gasteiger partial charge is 1.00 e. The second kappa shape index (κ2) is 7.18. The van der Waals surface area contributed by atoms with E-state index in [9.17, 15) is 0 Å². The fourth-order valence-corrected chi connectivity index (χ4v) is 12.1. The minimum Gasteiger partial charge on any atom is -1.00 e. The first kappa shape index (κ1) is 19.1. The Bertz CT molecular complexity index is 821. The predicted molar refractivity (Wildman–Crippen MR) is 92.8 cm³/mol. The van der Waals surface area contributed by atoms with Crippen LogP contribution in [0, 0.1) is 0 Å². The summed E-state index contributed by atoms with van der Waals surface area (Å²) < 4.78 is 1.60. The SMILES string of the molecule is CC1=C2CCC3=C(C)[CH]([Hf+2][CH]1c1ccccc12)c1ccccc13.[Cl-].[Cl-]. The molecule has 0 radical (unpaired) electrons. The molecule has 0 spiro atoms. The average Bonchev–Trinajstić information content (AvgIpc) is 3.01. The zero-order chi connectivity index (χ0) is 15.6. The van der Waals surface area contributed by atoms with Gasteiger partial charge in [0.1, 0.15) is 0 Å². The molecule has 5 rings (SSSR count). The van der Waals surface area contributed by atoms with Gasteiger partial charge in [0.15, 0.2) is 0 Å². The first-order chi connectivity index (χ1) is 11.3. The van der Waals surface area contributed by atoms with Crippen LogP contribution in [0.3, 0.4) is 0 Å². The van der Waals surface area contributed by atoms with Gasteiger partial charge in [-0.2, -0.15) is 0 Å². The summed E-state index contributed by atoms with van der Waals surface area (Å²) in [4.78, 5) is 0. The summed E-state index contributed by atoms with van der Waals surface area (Å²) in [6.07, 6.45) is 2.44. The van der Waals surface area contributed by atoms with Crippen molar-refractivity contribution in [3.63, 3.8) is 0 Å². The van der Waals surface area contributed by atoms with Crippen molar-refractivity contribution in [2.45, 2.75) is 34.0 Å². The summed E-state index contributed by atoms with van der Waals surface area (Å²) >= 11 is -0.896. The average molecular weight is 534 g/mol. The number of fused-ring (bicyclic) bond motifs is 8. The van der Waals surface area contributed by atoms with Gasteiger partial charge >= 0.3 is 150 Å². The Morgan fingerprint density at radius 1 is 0.680 bits per heavy atom. The molecule has 3 heteroatoms. The molecule has 0 aromatic heterocycles. The number of hydrogen-bond donors (Lipinski definition) is 0. The monoisotopic (exact) mass is 534 g/mol. The van der Waals surface area contributed by atoms with E-state index in [0.717, 1.165) is 7.35 Å². The third kappa shape index (κ3) is 2.74. The second-order valence-electron chi connectivity index (χ2n) is 7.03. The molecule has 1 heterocycles. The van der Waals surface area contributed by atoms with Crippen LogP contribution < -0.4 is 24.8 Å². The first-order valence-corrected chi connectivity index (χ1v) is 12.7. The Balaban J connectivity index is 0.000000911. The summed E-state index contributed by atoms with van der Waals surface area (Å²) in [5, 5.41) is 0. The molecule has 0 saturated heterocycles. The maximum atomic E-state index is 2.43. The van der Waals surface area contributed by atoms with Gasteiger partial charge in [0.2, 0.25) is 0 Å². The van der Waals surface area contributed by atoms with E-state index < -0.39 is 22.9 Å². The Labute approximate surface area is 174 Å². The van der Waals surface area contributed by atoms with Gasteiger partial charge < -0.3 is 24.8 Å². The smallest absolute Gasteiger partial charge is 1.00 e. The van der Waals surface area contributed by atoms with Crippen molar-refractivity contribution >= 4 is 11.1 Å². The van der Waals surface area contributed by atoms with Crippen LogP contribution in [0.1, 0.15) is 56.3 Å². The number of allylic oxidation sites excluding steroid dienone is 4. The van der Waals surface area contributed by atoms with E-state index in [0.29, 0.717) is 0 Å². The molecule has 2 aromatic carbocycles. The molecule has 3 aliphatic rings. The molecule has 0 fully saturated rings. The fraction of sp³-hybridized carbons (Fsp3) is 0.273. The minimum atomic E-state index is -0.896. The van der Waals surface area contributed by atoms with Crippen molar-refractivity contribution in [2.24, 2.45) is 0 Å². The van der Waals surface area contributed by atoms with E-state index >= 15 is 0 Å². The van der Waals surface area contributed by atoms with Crippen molar-refractivity contribution in [3.05, 3.63) is 81.9 Å². The molecule has 0 saturated carbocycles. The van der Waals surface area contributed by atoms with Crippen molar-refractivity contribution in [2.75, 3.05) is 0 Å². The molecular weight excluding hydrogens is 514 g/mol. The molecule has 0 nitrogen and oxygen atoms in total. The molecule has 4 bridgehead atoms. The number of halogens is 2. The van der Waals surface area contributed by atoms with Gasteiger partial charge in [-0.1, -0.05) is 0 Å². The Morgan fingerprint density at radius 2 is 1.08 bits per heavy atom. The summed E-state index contributed by atoms with van der Waals surface area (Å²) in [6.45, 7) is 4.86. The van der Waals surface area contributed by atoms with Crippen molar-refractivity contribution < 1.29 is 47.7 Å². The number of rotatable bonds is 0.